The molecule has 1 atom stereocenters. The average molecular weight is 209 g/mol. The predicted molar refractivity (Wildman–Crippen MR) is 68.0 cm³/mol. The summed E-state index contributed by atoms with van der Waals surface area (Å²) in [5, 5.41) is 3.22. The van der Waals surface area contributed by atoms with Gasteiger partial charge in [-0.05, 0) is 44.7 Å². The van der Waals surface area contributed by atoms with Crippen LogP contribution in [0.25, 0.3) is 0 Å². The molecule has 1 nitrogen and oxygen atoms in total. The van der Waals surface area contributed by atoms with Gasteiger partial charge in [-0.25, -0.2) is 0 Å². The van der Waals surface area contributed by atoms with Crippen LogP contribution in [0, 0.1) is 11.8 Å². The fourth-order valence-electron chi connectivity index (χ4n) is 2.72. The van der Waals surface area contributed by atoms with Gasteiger partial charge in [0.25, 0.3) is 0 Å². The number of allylic oxidation sites excluding steroid dienone is 1. The van der Waals surface area contributed by atoms with Gasteiger partial charge in [0.15, 0.2) is 0 Å². The minimum Gasteiger partial charge on any atom is -0.320 e. The van der Waals surface area contributed by atoms with Crippen LogP contribution in [0.4, 0.5) is 0 Å². The maximum Gasteiger partial charge on any atom is -0.00517 e. The van der Waals surface area contributed by atoms with Crippen LogP contribution in [0.1, 0.15) is 51.4 Å². The van der Waals surface area contributed by atoms with E-state index in [0.717, 1.165) is 18.4 Å². The SMILES string of the molecule is C=CC(CCCNC)CC1CCCCC1. The van der Waals surface area contributed by atoms with Crippen molar-refractivity contribution in [3.63, 3.8) is 0 Å². The third-order valence-electron chi connectivity index (χ3n) is 3.70. The second kappa shape index (κ2) is 7.92. The van der Waals surface area contributed by atoms with E-state index in [-0.39, 0.29) is 0 Å². The highest BCUT2D eigenvalue weighted by molar-refractivity contribution is 4.82. The first-order chi connectivity index (χ1) is 7.36. The molecule has 1 fully saturated rings. The summed E-state index contributed by atoms with van der Waals surface area (Å²) < 4.78 is 0. The molecule has 0 radical (unpaired) electrons. The van der Waals surface area contributed by atoms with Crippen LogP contribution in [0.5, 0.6) is 0 Å². The van der Waals surface area contributed by atoms with E-state index < -0.39 is 0 Å². The molecule has 15 heavy (non-hydrogen) atoms. The van der Waals surface area contributed by atoms with Crippen molar-refractivity contribution in [2.24, 2.45) is 11.8 Å². The Balaban J connectivity index is 2.16. The summed E-state index contributed by atoms with van der Waals surface area (Å²) in [6.45, 7) is 5.13. The largest absolute Gasteiger partial charge is 0.320 e. The third-order valence-corrected chi connectivity index (χ3v) is 3.70. The Labute approximate surface area is 95.3 Å². The zero-order valence-corrected chi connectivity index (χ0v) is 10.3. The van der Waals surface area contributed by atoms with Crippen molar-refractivity contribution in [1.29, 1.82) is 0 Å². The Kier molecular flexibility index (Phi) is 6.74. The lowest BCUT2D eigenvalue weighted by Crippen LogP contribution is -2.13. The highest BCUT2D eigenvalue weighted by Gasteiger charge is 2.16. The van der Waals surface area contributed by atoms with Crippen LogP contribution in [-0.4, -0.2) is 13.6 Å². The van der Waals surface area contributed by atoms with Crippen molar-refractivity contribution in [2.75, 3.05) is 13.6 Å². The summed E-state index contributed by atoms with van der Waals surface area (Å²) in [4.78, 5) is 0. The summed E-state index contributed by atoms with van der Waals surface area (Å²) in [5.41, 5.74) is 0. The molecule has 1 aliphatic carbocycles. The van der Waals surface area contributed by atoms with Crippen molar-refractivity contribution in [3.8, 4) is 0 Å². The van der Waals surface area contributed by atoms with Crippen LogP contribution in [0.3, 0.4) is 0 Å². The molecule has 1 unspecified atom stereocenters. The first kappa shape index (κ1) is 12.8. The van der Waals surface area contributed by atoms with Crippen LogP contribution in [-0.2, 0) is 0 Å². The topological polar surface area (TPSA) is 12.0 Å². The molecule has 0 spiro atoms. The highest BCUT2D eigenvalue weighted by atomic mass is 14.8. The van der Waals surface area contributed by atoms with E-state index in [1.54, 1.807) is 0 Å². The number of hydrogen-bond acceptors (Lipinski definition) is 1. The Morgan fingerprint density at radius 3 is 2.67 bits per heavy atom. The van der Waals surface area contributed by atoms with Gasteiger partial charge in [-0.3, -0.25) is 0 Å². The van der Waals surface area contributed by atoms with E-state index in [1.165, 1.54) is 51.4 Å². The van der Waals surface area contributed by atoms with Crippen LogP contribution < -0.4 is 5.32 Å². The summed E-state index contributed by atoms with van der Waals surface area (Å²) in [7, 11) is 2.03. The fraction of sp³-hybridized carbons (Fsp3) is 0.857. The Hall–Kier alpha value is -0.300. The second-order valence-corrected chi connectivity index (χ2v) is 4.98. The molecule has 88 valence electrons. The number of rotatable bonds is 7. The van der Waals surface area contributed by atoms with Gasteiger partial charge in [-0.1, -0.05) is 38.2 Å². The normalized spacial score (nSPS) is 20.1. The molecule has 1 heteroatoms. The van der Waals surface area contributed by atoms with Gasteiger partial charge in [-0.2, -0.15) is 0 Å². The molecule has 1 N–H and O–H groups in total. The molecular weight excluding hydrogens is 182 g/mol. The van der Waals surface area contributed by atoms with Crippen molar-refractivity contribution in [1.82, 2.24) is 5.32 Å². The van der Waals surface area contributed by atoms with Crippen molar-refractivity contribution < 1.29 is 0 Å². The summed E-state index contributed by atoms with van der Waals surface area (Å²) in [6.07, 6.45) is 13.5. The molecule has 1 rings (SSSR count). The molecule has 0 aromatic rings. The quantitative estimate of drug-likeness (QED) is 0.497. The van der Waals surface area contributed by atoms with Gasteiger partial charge in [0.1, 0.15) is 0 Å². The molecule has 0 bridgehead atoms. The fourth-order valence-corrected chi connectivity index (χ4v) is 2.72. The minimum absolute atomic E-state index is 0.765. The lowest BCUT2D eigenvalue weighted by molar-refractivity contribution is 0.300. The molecule has 1 saturated carbocycles. The summed E-state index contributed by atoms with van der Waals surface area (Å²) in [5.74, 6) is 1.76. The molecule has 0 amide bonds. The zero-order chi connectivity index (χ0) is 10.9. The highest BCUT2D eigenvalue weighted by Crippen LogP contribution is 2.30. The molecule has 0 heterocycles. The maximum absolute atomic E-state index is 3.98. The van der Waals surface area contributed by atoms with E-state index in [4.69, 9.17) is 0 Å². The Morgan fingerprint density at radius 2 is 2.07 bits per heavy atom. The monoisotopic (exact) mass is 209 g/mol. The molecule has 1 aliphatic rings. The van der Waals surface area contributed by atoms with Crippen molar-refractivity contribution in [2.45, 2.75) is 51.4 Å². The van der Waals surface area contributed by atoms with E-state index in [2.05, 4.69) is 18.0 Å². The summed E-state index contributed by atoms with van der Waals surface area (Å²) in [6, 6.07) is 0. The van der Waals surface area contributed by atoms with Crippen molar-refractivity contribution in [3.05, 3.63) is 12.7 Å². The van der Waals surface area contributed by atoms with Crippen LogP contribution in [0.2, 0.25) is 0 Å². The Morgan fingerprint density at radius 1 is 1.33 bits per heavy atom. The van der Waals surface area contributed by atoms with Gasteiger partial charge in [-0.15, -0.1) is 6.58 Å². The van der Waals surface area contributed by atoms with E-state index in [0.29, 0.717) is 0 Å². The second-order valence-electron chi connectivity index (χ2n) is 4.98. The van der Waals surface area contributed by atoms with E-state index >= 15 is 0 Å². The molecule has 0 aromatic carbocycles. The lowest BCUT2D eigenvalue weighted by atomic mass is 9.81. The first-order valence-electron chi connectivity index (χ1n) is 6.64. The average Bonchev–Trinajstić information content (AvgIpc) is 2.29. The molecule has 0 aliphatic heterocycles. The maximum atomic E-state index is 3.98. The smallest absolute Gasteiger partial charge is 0.00517 e. The van der Waals surface area contributed by atoms with Gasteiger partial charge in [0.2, 0.25) is 0 Å². The van der Waals surface area contributed by atoms with Gasteiger partial charge >= 0.3 is 0 Å². The van der Waals surface area contributed by atoms with Crippen LogP contribution >= 0.6 is 0 Å². The van der Waals surface area contributed by atoms with E-state index in [1.807, 2.05) is 7.05 Å². The number of nitrogens with one attached hydrogen (secondary N) is 1. The standard InChI is InChI=1S/C14H27N/c1-3-13(10-7-11-15-2)12-14-8-5-4-6-9-14/h3,13-15H,1,4-12H2,2H3. The minimum atomic E-state index is 0.765. The predicted octanol–water partition coefficient (Wildman–Crippen LogP) is 3.76. The van der Waals surface area contributed by atoms with Crippen molar-refractivity contribution >= 4 is 0 Å². The van der Waals surface area contributed by atoms with Gasteiger partial charge in [0.05, 0.1) is 0 Å². The molecule has 0 saturated heterocycles. The number of hydrogen-bond donors (Lipinski definition) is 1. The molecular formula is C14H27N. The van der Waals surface area contributed by atoms with E-state index in [9.17, 15) is 0 Å². The molecule has 0 aromatic heterocycles. The lowest BCUT2D eigenvalue weighted by Gasteiger charge is -2.25. The van der Waals surface area contributed by atoms with Gasteiger partial charge in [0, 0.05) is 0 Å². The Bertz CT molecular complexity index is 159. The first-order valence-corrected chi connectivity index (χ1v) is 6.64. The zero-order valence-electron chi connectivity index (χ0n) is 10.3. The summed E-state index contributed by atoms with van der Waals surface area (Å²) >= 11 is 0. The van der Waals surface area contributed by atoms with Crippen LogP contribution in [0.15, 0.2) is 12.7 Å². The van der Waals surface area contributed by atoms with Gasteiger partial charge < -0.3 is 5.32 Å². The third kappa shape index (κ3) is 5.36.